The highest BCUT2D eigenvalue weighted by Crippen LogP contribution is 2.24. The lowest BCUT2D eigenvalue weighted by molar-refractivity contribution is -0.384. The van der Waals surface area contributed by atoms with Crippen molar-refractivity contribution < 1.29 is 14.8 Å². The third-order valence-corrected chi connectivity index (χ3v) is 2.76. The lowest BCUT2D eigenvalue weighted by Gasteiger charge is -2.05. The van der Waals surface area contributed by atoms with Crippen LogP contribution in [-0.4, -0.2) is 25.8 Å². The van der Waals surface area contributed by atoms with Crippen molar-refractivity contribution in [2.24, 2.45) is 0 Å². The summed E-state index contributed by atoms with van der Waals surface area (Å²) in [5, 5.41) is 23.8. The van der Waals surface area contributed by atoms with Gasteiger partial charge in [-0.1, -0.05) is 12.1 Å². The van der Waals surface area contributed by atoms with Gasteiger partial charge in [-0.05, 0) is 13.0 Å². The molecule has 0 saturated heterocycles. The second-order valence-corrected chi connectivity index (χ2v) is 3.98. The molecule has 0 aliphatic heterocycles. The molecule has 0 saturated carbocycles. The minimum atomic E-state index is -0.967. The van der Waals surface area contributed by atoms with Crippen molar-refractivity contribution in [2.45, 2.75) is 13.3 Å². The molecule has 7 nitrogen and oxygen atoms in total. The monoisotopic (exact) mass is 261 g/mol. The van der Waals surface area contributed by atoms with Crippen molar-refractivity contribution in [3.8, 4) is 5.69 Å². The fraction of sp³-hybridized carbons (Fsp3) is 0.167. The standard InChI is InChI=1S/C12H11N3O4/c1-8-9(6-12(16)17)7-13-14(8)10-4-2-3-5-11(10)15(18)19/h2-5,7H,6H2,1H3,(H,16,17). The summed E-state index contributed by atoms with van der Waals surface area (Å²) in [4.78, 5) is 21.2. The van der Waals surface area contributed by atoms with Crippen molar-refractivity contribution >= 4 is 11.7 Å². The van der Waals surface area contributed by atoms with Crippen LogP contribution in [0.4, 0.5) is 5.69 Å². The molecule has 0 bridgehead atoms. The molecule has 0 aliphatic rings. The topological polar surface area (TPSA) is 98.3 Å². The number of hydrogen-bond acceptors (Lipinski definition) is 4. The van der Waals surface area contributed by atoms with Crippen molar-refractivity contribution in [3.05, 3.63) is 51.8 Å². The number of nitro groups is 1. The van der Waals surface area contributed by atoms with Gasteiger partial charge < -0.3 is 5.11 Å². The van der Waals surface area contributed by atoms with Gasteiger partial charge in [-0.3, -0.25) is 14.9 Å². The SMILES string of the molecule is Cc1c(CC(=O)O)cnn1-c1ccccc1[N+](=O)[O-]. The van der Waals surface area contributed by atoms with Crippen LogP contribution in [0.15, 0.2) is 30.5 Å². The minimum Gasteiger partial charge on any atom is -0.481 e. The summed E-state index contributed by atoms with van der Waals surface area (Å²) in [5.41, 5.74) is 1.36. The van der Waals surface area contributed by atoms with E-state index in [2.05, 4.69) is 5.10 Å². The van der Waals surface area contributed by atoms with E-state index >= 15 is 0 Å². The van der Waals surface area contributed by atoms with E-state index in [0.29, 0.717) is 16.9 Å². The van der Waals surface area contributed by atoms with Crippen molar-refractivity contribution in [3.63, 3.8) is 0 Å². The number of para-hydroxylation sites is 2. The van der Waals surface area contributed by atoms with E-state index in [1.165, 1.54) is 16.9 Å². The van der Waals surface area contributed by atoms with E-state index in [9.17, 15) is 14.9 Å². The highest BCUT2D eigenvalue weighted by atomic mass is 16.6. The van der Waals surface area contributed by atoms with Gasteiger partial charge in [-0.2, -0.15) is 5.10 Å². The molecule has 0 atom stereocenters. The van der Waals surface area contributed by atoms with Crippen molar-refractivity contribution in [2.75, 3.05) is 0 Å². The number of nitro benzene ring substituents is 1. The Morgan fingerprint density at radius 3 is 2.79 bits per heavy atom. The number of hydrogen-bond donors (Lipinski definition) is 1. The Morgan fingerprint density at radius 2 is 2.16 bits per heavy atom. The van der Waals surface area contributed by atoms with Gasteiger partial charge in [-0.25, -0.2) is 4.68 Å². The van der Waals surface area contributed by atoms with E-state index in [1.54, 1.807) is 25.1 Å². The first-order valence-electron chi connectivity index (χ1n) is 5.50. The predicted octanol–water partition coefficient (Wildman–Crippen LogP) is 1.72. The van der Waals surface area contributed by atoms with Crippen LogP contribution in [0, 0.1) is 17.0 Å². The molecule has 2 aromatic rings. The molecule has 0 aliphatic carbocycles. The van der Waals surface area contributed by atoms with Gasteiger partial charge in [0, 0.05) is 17.3 Å². The highest BCUT2D eigenvalue weighted by molar-refractivity contribution is 5.70. The number of rotatable bonds is 4. The Morgan fingerprint density at radius 1 is 1.47 bits per heavy atom. The van der Waals surface area contributed by atoms with E-state index < -0.39 is 10.9 Å². The van der Waals surface area contributed by atoms with Gasteiger partial charge in [0.1, 0.15) is 5.69 Å². The summed E-state index contributed by atoms with van der Waals surface area (Å²) in [6.45, 7) is 1.68. The normalized spacial score (nSPS) is 10.4. The number of carboxylic acids is 1. The maximum absolute atomic E-state index is 11.0. The minimum absolute atomic E-state index is 0.0735. The highest BCUT2D eigenvalue weighted by Gasteiger charge is 2.18. The maximum atomic E-state index is 11.0. The molecule has 19 heavy (non-hydrogen) atoms. The Balaban J connectivity index is 2.51. The molecular formula is C12H11N3O4. The average Bonchev–Trinajstić information content (AvgIpc) is 2.70. The summed E-state index contributed by atoms with van der Waals surface area (Å²) in [6, 6.07) is 6.19. The van der Waals surface area contributed by atoms with E-state index in [4.69, 9.17) is 5.11 Å². The molecule has 1 heterocycles. The average molecular weight is 261 g/mol. The van der Waals surface area contributed by atoms with Crippen molar-refractivity contribution in [1.82, 2.24) is 9.78 Å². The zero-order chi connectivity index (χ0) is 14.0. The number of benzene rings is 1. The van der Waals surface area contributed by atoms with Crippen LogP contribution in [0.25, 0.3) is 5.69 Å². The molecule has 0 spiro atoms. The van der Waals surface area contributed by atoms with Gasteiger partial charge >= 0.3 is 5.97 Å². The third kappa shape index (κ3) is 2.44. The summed E-state index contributed by atoms with van der Waals surface area (Å²) in [7, 11) is 0. The predicted molar refractivity (Wildman–Crippen MR) is 66.3 cm³/mol. The molecule has 1 aromatic carbocycles. The molecule has 7 heteroatoms. The molecule has 1 aromatic heterocycles. The molecule has 98 valence electrons. The smallest absolute Gasteiger partial charge is 0.307 e. The second-order valence-electron chi connectivity index (χ2n) is 3.98. The molecule has 0 radical (unpaired) electrons. The number of aliphatic carboxylic acids is 1. The second kappa shape index (κ2) is 4.89. The van der Waals surface area contributed by atoms with Crippen molar-refractivity contribution in [1.29, 1.82) is 0 Å². The Kier molecular flexibility index (Phi) is 3.28. The van der Waals surface area contributed by atoms with Gasteiger partial charge in [0.2, 0.25) is 0 Å². The number of carboxylic acid groups (broad SMARTS) is 1. The zero-order valence-corrected chi connectivity index (χ0v) is 10.1. The number of carbonyl (C=O) groups is 1. The summed E-state index contributed by atoms with van der Waals surface area (Å²) in [5.74, 6) is -0.967. The molecule has 0 fully saturated rings. The lowest BCUT2D eigenvalue weighted by atomic mass is 10.2. The molecule has 2 rings (SSSR count). The van der Waals surface area contributed by atoms with E-state index in [0.717, 1.165) is 0 Å². The number of nitrogens with zero attached hydrogens (tertiary/aromatic N) is 3. The van der Waals surface area contributed by atoms with Crippen LogP contribution < -0.4 is 0 Å². The maximum Gasteiger partial charge on any atom is 0.307 e. The molecule has 0 unspecified atom stereocenters. The molecule has 1 N–H and O–H groups in total. The lowest BCUT2D eigenvalue weighted by Crippen LogP contribution is -2.05. The number of aromatic nitrogens is 2. The van der Waals surface area contributed by atoms with Gasteiger partial charge in [0.15, 0.2) is 0 Å². The Bertz CT molecular complexity index is 648. The fourth-order valence-electron chi connectivity index (χ4n) is 1.82. The molecular weight excluding hydrogens is 250 g/mol. The van der Waals surface area contributed by atoms with Gasteiger partial charge in [0.05, 0.1) is 17.5 Å². The molecule has 0 amide bonds. The van der Waals surface area contributed by atoms with E-state index in [1.807, 2.05) is 0 Å². The van der Waals surface area contributed by atoms with E-state index in [-0.39, 0.29) is 12.1 Å². The van der Waals surface area contributed by atoms with Gasteiger partial charge in [-0.15, -0.1) is 0 Å². The largest absolute Gasteiger partial charge is 0.481 e. The van der Waals surface area contributed by atoms with Gasteiger partial charge in [0.25, 0.3) is 5.69 Å². The first-order valence-corrected chi connectivity index (χ1v) is 5.50. The van der Waals surface area contributed by atoms with Crippen LogP contribution in [0.2, 0.25) is 0 Å². The van der Waals surface area contributed by atoms with Crippen LogP contribution >= 0.6 is 0 Å². The van der Waals surface area contributed by atoms with Crippen LogP contribution in [-0.2, 0) is 11.2 Å². The Hall–Kier alpha value is -2.70. The van der Waals surface area contributed by atoms with Crippen LogP contribution in [0.3, 0.4) is 0 Å². The first-order chi connectivity index (χ1) is 9.00. The first kappa shape index (κ1) is 12.7. The zero-order valence-electron chi connectivity index (χ0n) is 10.1. The quantitative estimate of drug-likeness (QED) is 0.667. The van der Waals surface area contributed by atoms with Crippen LogP contribution in [0.1, 0.15) is 11.3 Å². The summed E-state index contributed by atoms with van der Waals surface area (Å²) in [6.07, 6.45) is 1.26. The van der Waals surface area contributed by atoms with Crippen LogP contribution in [0.5, 0.6) is 0 Å². The Labute approximate surface area is 108 Å². The summed E-state index contributed by atoms with van der Waals surface area (Å²) < 4.78 is 1.39. The fourth-order valence-corrected chi connectivity index (χ4v) is 1.82. The third-order valence-electron chi connectivity index (χ3n) is 2.76. The summed E-state index contributed by atoms with van der Waals surface area (Å²) >= 11 is 0.